The van der Waals surface area contributed by atoms with Gasteiger partial charge >= 0.3 is 0 Å². The number of nitrogens with zero attached hydrogens (tertiary/aromatic N) is 4. The van der Waals surface area contributed by atoms with Crippen molar-refractivity contribution >= 4 is 34.7 Å². The Hall–Kier alpha value is -2.31. The fourth-order valence-corrected chi connectivity index (χ4v) is 4.32. The zero-order valence-electron chi connectivity index (χ0n) is 17.2. The fraction of sp³-hybridized carbons (Fsp3) is 0.455. The molecule has 1 unspecified atom stereocenters. The minimum absolute atomic E-state index is 0.0294. The molecule has 1 N–H and O–H groups in total. The SMILES string of the molecule is CC(C)N1c2ncc(CN3CCN(c4ccc(Cl)cc4)CC3)cc2NC(=O)C1C. The van der Waals surface area contributed by atoms with Crippen LogP contribution in [0.1, 0.15) is 26.3 Å². The van der Waals surface area contributed by atoms with Gasteiger partial charge in [-0.05, 0) is 56.7 Å². The number of fused-ring (bicyclic) bond motifs is 1. The highest BCUT2D eigenvalue weighted by molar-refractivity contribution is 6.30. The summed E-state index contributed by atoms with van der Waals surface area (Å²) in [6, 6.07) is 10.1. The number of benzene rings is 1. The predicted octanol–water partition coefficient (Wildman–Crippen LogP) is 3.61. The lowest BCUT2D eigenvalue weighted by Gasteiger charge is -2.38. The van der Waals surface area contributed by atoms with Crippen LogP contribution in [0.4, 0.5) is 17.2 Å². The number of carbonyl (C=O) groups is 1. The maximum absolute atomic E-state index is 12.4. The van der Waals surface area contributed by atoms with E-state index in [4.69, 9.17) is 16.6 Å². The van der Waals surface area contributed by atoms with Gasteiger partial charge in [0.1, 0.15) is 6.04 Å². The Bertz CT molecular complexity index is 877. The molecule has 1 atom stereocenters. The smallest absolute Gasteiger partial charge is 0.246 e. The molecule has 7 heteroatoms. The van der Waals surface area contributed by atoms with Gasteiger partial charge in [-0.2, -0.15) is 0 Å². The minimum Gasteiger partial charge on any atom is -0.369 e. The van der Waals surface area contributed by atoms with E-state index < -0.39 is 0 Å². The summed E-state index contributed by atoms with van der Waals surface area (Å²) in [5, 5.41) is 3.79. The van der Waals surface area contributed by atoms with Gasteiger partial charge in [-0.1, -0.05) is 11.6 Å². The third-order valence-electron chi connectivity index (χ3n) is 5.75. The zero-order valence-corrected chi connectivity index (χ0v) is 18.0. The number of amides is 1. The Kier molecular flexibility index (Phi) is 5.65. The van der Waals surface area contributed by atoms with Gasteiger partial charge in [-0.25, -0.2) is 4.98 Å². The molecule has 1 amide bonds. The van der Waals surface area contributed by atoms with Gasteiger partial charge in [0, 0.05) is 55.7 Å². The summed E-state index contributed by atoms with van der Waals surface area (Å²) in [5.41, 5.74) is 3.16. The number of carbonyl (C=O) groups excluding carboxylic acids is 1. The van der Waals surface area contributed by atoms with Crippen LogP contribution < -0.4 is 15.1 Å². The van der Waals surface area contributed by atoms with Crippen LogP contribution in [0.25, 0.3) is 0 Å². The molecule has 6 nitrogen and oxygen atoms in total. The van der Waals surface area contributed by atoms with E-state index in [9.17, 15) is 4.79 Å². The fourth-order valence-electron chi connectivity index (χ4n) is 4.20. The molecule has 1 aromatic carbocycles. The molecule has 1 saturated heterocycles. The molecule has 2 aliphatic heterocycles. The topological polar surface area (TPSA) is 51.7 Å². The van der Waals surface area contributed by atoms with Crippen molar-refractivity contribution < 1.29 is 4.79 Å². The first kappa shape index (κ1) is 20.0. The largest absolute Gasteiger partial charge is 0.369 e. The molecule has 0 bridgehead atoms. The van der Waals surface area contributed by atoms with Crippen LogP contribution in [0.15, 0.2) is 36.5 Å². The number of pyridine rings is 1. The van der Waals surface area contributed by atoms with Crippen molar-refractivity contribution in [3.63, 3.8) is 0 Å². The van der Waals surface area contributed by atoms with Crippen molar-refractivity contribution in [2.24, 2.45) is 0 Å². The molecule has 0 radical (unpaired) electrons. The van der Waals surface area contributed by atoms with E-state index in [2.05, 4.69) is 52.1 Å². The maximum Gasteiger partial charge on any atom is 0.246 e. The van der Waals surface area contributed by atoms with E-state index in [1.165, 1.54) is 5.69 Å². The summed E-state index contributed by atoms with van der Waals surface area (Å²) in [7, 11) is 0. The standard InChI is InChI=1S/C22H28ClN5O/c1-15(2)28-16(3)22(29)25-20-12-17(13-24-21(20)28)14-26-8-10-27(11-9-26)19-6-4-18(23)5-7-19/h4-7,12-13,15-16H,8-11,14H2,1-3H3,(H,25,29). The van der Waals surface area contributed by atoms with Crippen LogP contribution in [-0.4, -0.2) is 54.1 Å². The number of nitrogens with one attached hydrogen (secondary N) is 1. The summed E-state index contributed by atoms with van der Waals surface area (Å²) in [6.45, 7) is 10.9. The summed E-state index contributed by atoms with van der Waals surface area (Å²) < 4.78 is 0. The Morgan fingerprint density at radius 1 is 1.17 bits per heavy atom. The Morgan fingerprint density at radius 2 is 1.86 bits per heavy atom. The van der Waals surface area contributed by atoms with Crippen molar-refractivity contribution in [1.29, 1.82) is 0 Å². The van der Waals surface area contributed by atoms with E-state index in [-0.39, 0.29) is 18.0 Å². The number of aromatic nitrogens is 1. The first-order valence-corrected chi connectivity index (χ1v) is 10.6. The van der Waals surface area contributed by atoms with Gasteiger partial charge in [0.05, 0.1) is 5.69 Å². The lowest BCUT2D eigenvalue weighted by Crippen LogP contribution is -2.50. The normalized spacial score (nSPS) is 20.0. The molecular weight excluding hydrogens is 386 g/mol. The van der Waals surface area contributed by atoms with E-state index in [0.29, 0.717) is 0 Å². The van der Waals surface area contributed by atoms with Crippen LogP contribution >= 0.6 is 11.6 Å². The van der Waals surface area contributed by atoms with Crippen molar-refractivity contribution in [1.82, 2.24) is 9.88 Å². The number of piperazine rings is 1. The summed E-state index contributed by atoms with van der Waals surface area (Å²) in [4.78, 5) is 24.0. The van der Waals surface area contributed by atoms with Gasteiger partial charge in [0.2, 0.25) is 5.91 Å². The Labute approximate surface area is 177 Å². The molecule has 1 fully saturated rings. The number of anilines is 3. The van der Waals surface area contributed by atoms with Crippen molar-refractivity contribution in [2.45, 2.75) is 39.4 Å². The molecule has 1 aromatic heterocycles. The molecule has 29 heavy (non-hydrogen) atoms. The van der Waals surface area contributed by atoms with Gasteiger partial charge in [-0.15, -0.1) is 0 Å². The highest BCUT2D eigenvalue weighted by Gasteiger charge is 2.32. The number of hydrogen-bond donors (Lipinski definition) is 1. The molecule has 2 aromatic rings. The maximum atomic E-state index is 12.4. The van der Waals surface area contributed by atoms with Crippen molar-refractivity contribution in [3.8, 4) is 0 Å². The second kappa shape index (κ2) is 8.20. The van der Waals surface area contributed by atoms with Gasteiger partial charge in [0.15, 0.2) is 5.82 Å². The van der Waals surface area contributed by atoms with Gasteiger partial charge in [-0.3, -0.25) is 9.69 Å². The molecule has 2 aliphatic rings. The first-order chi connectivity index (χ1) is 13.9. The lowest BCUT2D eigenvalue weighted by molar-refractivity contribution is -0.117. The second-order valence-electron chi connectivity index (χ2n) is 8.12. The second-order valence-corrected chi connectivity index (χ2v) is 8.56. The van der Waals surface area contributed by atoms with E-state index in [1.807, 2.05) is 25.3 Å². The third kappa shape index (κ3) is 4.19. The van der Waals surface area contributed by atoms with Crippen LogP contribution in [0.5, 0.6) is 0 Å². The van der Waals surface area contributed by atoms with Crippen LogP contribution in [-0.2, 0) is 11.3 Å². The average Bonchev–Trinajstić information content (AvgIpc) is 2.70. The van der Waals surface area contributed by atoms with Gasteiger partial charge in [0.25, 0.3) is 0 Å². The molecule has 3 heterocycles. The zero-order chi connectivity index (χ0) is 20.5. The summed E-state index contributed by atoms with van der Waals surface area (Å²) in [6.07, 6.45) is 1.95. The van der Waals surface area contributed by atoms with Crippen LogP contribution in [0.3, 0.4) is 0 Å². The van der Waals surface area contributed by atoms with Gasteiger partial charge < -0.3 is 15.1 Å². The Balaban J connectivity index is 1.42. The molecule has 0 aliphatic carbocycles. The number of hydrogen-bond acceptors (Lipinski definition) is 5. The van der Waals surface area contributed by atoms with E-state index in [1.54, 1.807) is 0 Å². The summed E-state index contributed by atoms with van der Waals surface area (Å²) >= 11 is 6.00. The van der Waals surface area contributed by atoms with Crippen LogP contribution in [0.2, 0.25) is 5.02 Å². The average molecular weight is 414 g/mol. The minimum atomic E-state index is -0.207. The highest BCUT2D eigenvalue weighted by Crippen LogP contribution is 2.32. The van der Waals surface area contributed by atoms with E-state index >= 15 is 0 Å². The Morgan fingerprint density at radius 3 is 2.52 bits per heavy atom. The molecule has 4 rings (SSSR count). The quantitative estimate of drug-likeness (QED) is 0.829. The molecule has 154 valence electrons. The number of rotatable bonds is 4. The van der Waals surface area contributed by atoms with Crippen LogP contribution in [0, 0.1) is 0 Å². The van der Waals surface area contributed by atoms with Crippen molar-refractivity contribution in [3.05, 3.63) is 47.1 Å². The predicted molar refractivity (Wildman–Crippen MR) is 119 cm³/mol. The monoisotopic (exact) mass is 413 g/mol. The van der Waals surface area contributed by atoms with E-state index in [0.717, 1.165) is 54.8 Å². The highest BCUT2D eigenvalue weighted by atomic mass is 35.5. The summed E-state index contributed by atoms with van der Waals surface area (Å²) in [5.74, 6) is 0.894. The molecular formula is C22H28ClN5O. The third-order valence-corrected chi connectivity index (χ3v) is 6.00. The number of halogens is 1. The molecule has 0 spiro atoms. The first-order valence-electron chi connectivity index (χ1n) is 10.2. The van der Waals surface area contributed by atoms with Crippen molar-refractivity contribution in [2.75, 3.05) is 41.3 Å². The molecule has 0 saturated carbocycles. The lowest BCUT2D eigenvalue weighted by atomic mass is 10.1.